The zero-order chi connectivity index (χ0) is 28.9. The molecule has 0 fully saturated rings. The second-order valence-corrected chi connectivity index (χ2v) is 9.73. The van der Waals surface area contributed by atoms with E-state index in [0.717, 1.165) is 35.2 Å². The average Bonchev–Trinajstić information content (AvgIpc) is 2.93. The molecule has 0 radical (unpaired) electrons. The van der Waals surface area contributed by atoms with Crippen molar-refractivity contribution in [2.75, 3.05) is 17.2 Å². The second-order valence-electron chi connectivity index (χ2n) is 9.29. The molecule has 10 nitrogen and oxygen atoms in total. The third-order valence-corrected chi connectivity index (χ3v) is 6.14. The Morgan fingerprint density at radius 1 is 0.725 bits per heavy atom. The zero-order valence-electron chi connectivity index (χ0n) is 22.8. The van der Waals surface area contributed by atoms with E-state index in [-0.39, 0.29) is 23.8 Å². The van der Waals surface area contributed by atoms with Gasteiger partial charge in [0.05, 0.1) is 0 Å². The van der Waals surface area contributed by atoms with Gasteiger partial charge < -0.3 is 20.9 Å². The van der Waals surface area contributed by atoms with E-state index >= 15 is 0 Å². The maximum absolute atomic E-state index is 8.56. The van der Waals surface area contributed by atoms with Gasteiger partial charge in [-0.15, -0.1) is 0 Å². The van der Waals surface area contributed by atoms with E-state index in [4.69, 9.17) is 33.2 Å². The minimum atomic E-state index is -0.0273. The van der Waals surface area contributed by atoms with Crippen molar-refractivity contribution >= 4 is 46.8 Å². The molecule has 3 aromatic rings. The van der Waals surface area contributed by atoms with Gasteiger partial charge in [0.15, 0.2) is 23.8 Å². The van der Waals surface area contributed by atoms with Crippen LogP contribution in [0.2, 0.25) is 5.02 Å². The van der Waals surface area contributed by atoms with E-state index in [1.807, 2.05) is 60.4 Å². The first-order valence-electron chi connectivity index (χ1n) is 13.0. The first-order valence-corrected chi connectivity index (χ1v) is 13.4. The molecule has 0 bridgehead atoms. The average molecular weight is 561 g/mol. The number of aryl methyl sites for hydroxylation is 1. The van der Waals surface area contributed by atoms with Crippen LogP contribution in [0.1, 0.15) is 36.5 Å². The summed E-state index contributed by atoms with van der Waals surface area (Å²) >= 11 is 5.88. The standard InChI is InChI=1S/C29H37ClN10/c1-3-4-17-40(29(34)39-28(33)37-24-13-5-20(2)6-14-24)19-22-9-7-21(8-10-22)18-35-26(31)38-27(32)36-25-15-11-23(30)12-16-25/h5-16H,3-4,17-19H2,1-2H3,(H4,33,34,37,39)(H5,31,32,35,36,38). The van der Waals surface area contributed by atoms with E-state index in [2.05, 4.69) is 33.5 Å². The predicted molar refractivity (Wildman–Crippen MR) is 166 cm³/mol. The quantitative estimate of drug-likeness (QED) is 0.124. The van der Waals surface area contributed by atoms with Crippen molar-refractivity contribution in [1.82, 2.24) is 20.9 Å². The highest BCUT2D eigenvalue weighted by molar-refractivity contribution is 6.30. The maximum Gasteiger partial charge on any atom is 0.199 e. The summed E-state index contributed by atoms with van der Waals surface area (Å²) in [5, 5.41) is 47.8. The fourth-order valence-electron chi connectivity index (χ4n) is 3.68. The van der Waals surface area contributed by atoms with Gasteiger partial charge in [0, 0.05) is 36.0 Å². The second kappa shape index (κ2) is 15.1. The van der Waals surface area contributed by atoms with E-state index in [9.17, 15) is 0 Å². The van der Waals surface area contributed by atoms with Crippen LogP contribution in [0, 0.1) is 28.6 Å². The number of hydrogen-bond acceptors (Lipinski definition) is 4. The molecule has 0 saturated heterocycles. The van der Waals surface area contributed by atoms with E-state index in [1.165, 1.54) is 0 Å². The minimum Gasteiger partial charge on any atom is -0.352 e. The van der Waals surface area contributed by atoms with Crippen LogP contribution >= 0.6 is 11.6 Å². The zero-order valence-corrected chi connectivity index (χ0v) is 23.5. The molecule has 11 heteroatoms. The van der Waals surface area contributed by atoms with Crippen molar-refractivity contribution < 1.29 is 0 Å². The van der Waals surface area contributed by atoms with Gasteiger partial charge >= 0.3 is 0 Å². The Labute approximate surface area is 240 Å². The molecule has 3 rings (SSSR count). The molecule has 0 saturated carbocycles. The molecule has 0 aliphatic carbocycles. The summed E-state index contributed by atoms with van der Waals surface area (Å²) in [5.74, 6) is 0.185. The van der Waals surface area contributed by atoms with Gasteiger partial charge in [0.2, 0.25) is 0 Å². The van der Waals surface area contributed by atoms with Crippen LogP contribution in [-0.4, -0.2) is 35.3 Å². The number of nitrogens with one attached hydrogen (secondary N) is 9. The van der Waals surface area contributed by atoms with Gasteiger partial charge in [-0.25, -0.2) is 0 Å². The highest BCUT2D eigenvalue weighted by Crippen LogP contribution is 2.13. The summed E-state index contributed by atoms with van der Waals surface area (Å²) in [4.78, 5) is 1.92. The molecule has 210 valence electrons. The van der Waals surface area contributed by atoms with Gasteiger partial charge in [-0.3, -0.25) is 32.3 Å². The van der Waals surface area contributed by atoms with E-state index < -0.39 is 0 Å². The van der Waals surface area contributed by atoms with Crippen LogP contribution in [-0.2, 0) is 13.1 Å². The Kier molecular flexibility index (Phi) is 11.3. The molecule has 0 aliphatic heterocycles. The Morgan fingerprint density at radius 2 is 1.27 bits per heavy atom. The number of halogens is 1. The van der Waals surface area contributed by atoms with Crippen molar-refractivity contribution in [3.8, 4) is 0 Å². The van der Waals surface area contributed by atoms with Crippen LogP contribution in [0.4, 0.5) is 11.4 Å². The molecule has 0 spiro atoms. The number of guanidine groups is 4. The maximum atomic E-state index is 8.56. The summed E-state index contributed by atoms with van der Waals surface area (Å²) in [6.45, 7) is 5.76. The molecule has 0 amide bonds. The van der Waals surface area contributed by atoms with Crippen molar-refractivity contribution in [2.45, 2.75) is 39.8 Å². The number of benzene rings is 3. The van der Waals surface area contributed by atoms with Gasteiger partial charge in [-0.1, -0.05) is 66.9 Å². The molecule has 9 N–H and O–H groups in total. The highest BCUT2D eigenvalue weighted by Gasteiger charge is 2.12. The summed E-state index contributed by atoms with van der Waals surface area (Å²) in [7, 11) is 0. The van der Waals surface area contributed by atoms with Gasteiger partial charge in [0.25, 0.3) is 0 Å². The lowest BCUT2D eigenvalue weighted by Crippen LogP contribution is -2.45. The van der Waals surface area contributed by atoms with Gasteiger partial charge in [0.1, 0.15) is 0 Å². The van der Waals surface area contributed by atoms with Crippen molar-refractivity contribution in [1.29, 1.82) is 21.6 Å². The molecular formula is C29H37ClN10. The summed E-state index contributed by atoms with van der Waals surface area (Å²) in [6.07, 6.45) is 1.93. The molecule has 0 aliphatic rings. The minimum absolute atomic E-state index is 0.00231. The third-order valence-electron chi connectivity index (χ3n) is 5.89. The first kappa shape index (κ1) is 30.0. The van der Waals surface area contributed by atoms with Crippen LogP contribution in [0.3, 0.4) is 0 Å². The fourth-order valence-corrected chi connectivity index (χ4v) is 3.81. The molecule has 0 heterocycles. The summed E-state index contributed by atoms with van der Waals surface area (Å²) in [6, 6.07) is 22.7. The molecule has 40 heavy (non-hydrogen) atoms. The number of nitrogens with zero attached hydrogens (tertiary/aromatic N) is 1. The lowest BCUT2D eigenvalue weighted by molar-refractivity contribution is 0.391. The van der Waals surface area contributed by atoms with Crippen molar-refractivity contribution in [2.24, 2.45) is 0 Å². The smallest absolute Gasteiger partial charge is 0.199 e. The number of rotatable bonds is 9. The monoisotopic (exact) mass is 560 g/mol. The van der Waals surface area contributed by atoms with Gasteiger partial charge in [-0.05, 0) is 60.9 Å². The van der Waals surface area contributed by atoms with E-state index in [0.29, 0.717) is 30.3 Å². The van der Waals surface area contributed by atoms with Crippen LogP contribution in [0.5, 0.6) is 0 Å². The molecule has 0 atom stereocenters. The molecule has 0 aromatic heterocycles. The van der Waals surface area contributed by atoms with Crippen molar-refractivity contribution in [3.05, 3.63) is 94.5 Å². The Bertz CT molecular complexity index is 1290. The van der Waals surface area contributed by atoms with E-state index in [1.54, 1.807) is 24.3 Å². The van der Waals surface area contributed by atoms with Crippen LogP contribution in [0.25, 0.3) is 0 Å². The first-order chi connectivity index (χ1) is 19.2. The highest BCUT2D eigenvalue weighted by atomic mass is 35.5. The topological polar surface area (TPSA) is 159 Å². The Hall–Kier alpha value is -4.57. The van der Waals surface area contributed by atoms with Crippen LogP contribution < -0.4 is 26.6 Å². The SMILES string of the molecule is CCCCN(Cc1ccc(CNC(=N)NC(=N)Nc2ccc(Cl)cc2)cc1)C(=N)NC(=N)Nc1ccc(C)cc1. The number of hydrogen-bond donors (Lipinski definition) is 9. The summed E-state index contributed by atoms with van der Waals surface area (Å²) in [5.41, 5.74) is 4.64. The number of anilines is 2. The number of unbranched alkanes of at least 4 members (excludes halogenated alkanes) is 1. The molecule has 0 unspecified atom stereocenters. The molecular weight excluding hydrogens is 524 g/mol. The van der Waals surface area contributed by atoms with Crippen molar-refractivity contribution in [3.63, 3.8) is 0 Å². The normalized spacial score (nSPS) is 10.3. The third kappa shape index (κ3) is 10.3. The molecule has 3 aromatic carbocycles. The Morgan fingerprint density at radius 3 is 1.88 bits per heavy atom. The lowest BCUT2D eigenvalue weighted by atomic mass is 10.1. The van der Waals surface area contributed by atoms with Crippen LogP contribution in [0.15, 0.2) is 72.8 Å². The van der Waals surface area contributed by atoms with Gasteiger partial charge in [-0.2, -0.15) is 0 Å². The largest absolute Gasteiger partial charge is 0.352 e. The lowest BCUT2D eigenvalue weighted by Gasteiger charge is -2.26. The Balaban J connectivity index is 1.47. The predicted octanol–water partition coefficient (Wildman–Crippen LogP) is 5.48. The fraction of sp³-hybridized carbons (Fsp3) is 0.241. The summed E-state index contributed by atoms with van der Waals surface area (Å²) < 4.78 is 0.